The molecule has 1 amide bonds. The number of piperidine rings is 1. The third-order valence-electron chi connectivity index (χ3n) is 12.7. The Morgan fingerprint density at radius 2 is 1.87 bits per heavy atom. The van der Waals surface area contributed by atoms with Gasteiger partial charge in [0.05, 0.1) is 6.10 Å². The highest BCUT2D eigenvalue weighted by Gasteiger charge is 2.59. The maximum Gasteiger partial charge on any atom is 0.222 e. The van der Waals surface area contributed by atoms with Gasteiger partial charge in [-0.05, 0) is 117 Å². The highest BCUT2D eigenvalue weighted by atomic mass is 16.3. The van der Waals surface area contributed by atoms with Gasteiger partial charge in [0.25, 0.3) is 0 Å². The molecule has 4 fully saturated rings. The Kier molecular flexibility index (Phi) is 7.29. The highest BCUT2D eigenvalue weighted by molar-refractivity contribution is 5.76. The molecule has 1 aromatic rings. The summed E-state index contributed by atoms with van der Waals surface area (Å²) in [5.74, 6) is 4.72. The van der Waals surface area contributed by atoms with Crippen LogP contribution >= 0.6 is 0 Å². The van der Waals surface area contributed by atoms with E-state index in [1.165, 1.54) is 50.5 Å². The molecule has 0 spiro atoms. The second kappa shape index (κ2) is 10.4. The van der Waals surface area contributed by atoms with E-state index in [4.69, 9.17) is 0 Å². The first-order chi connectivity index (χ1) is 18.3. The number of allylic oxidation sites excluding steroid dienone is 1. The van der Waals surface area contributed by atoms with Gasteiger partial charge in [0.1, 0.15) is 0 Å². The maximum atomic E-state index is 13.3. The summed E-state index contributed by atoms with van der Waals surface area (Å²) in [5.41, 5.74) is 3.73. The van der Waals surface area contributed by atoms with Crippen LogP contribution in [0.25, 0.3) is 0 Å². The van der Waals surface area contributed by atoms with Gasteiger partial charge in [-0.3, -0.25) is 4.79 Å². The molecule has 0 bridgehead atoms. The molecule has 3 saturated carbocycles. The number of likely N-dealkylation sites (tertiary alicyclic amines) is 1. The number of amides is 1. The lowest BCUT2D eigenvalue weighted by molar-refractivity contribution is -0.133. The molecule has 1 unspecified atom stereocenters. The molecule has 38 heavy (non-hydrogen) atoms. The molecule has 1 N–H and O–H groups in total. The number of aliphatic hydroxyl groups is 1. The van der Waals surface area contributed by atoms with E-state index in [2.05, 4.69) is 62.1 Å². The standard InChI is InChI=1S/C35H51NO2/c1-24(11-16-33(38)36-21-7-10-26(23-36)25-8-5-4-6-9-25)30-14-15-31-29-13-12-27-22-28(37)17-19-34(27,2)32(29)18-20-35(30,31)3/h4-6,8-9,12,24,26,28-32,37H,7,10-11,13-23H2,1-3H3/t24?,26-,28+,29+,30-,31+,32+,34+,35-/m1/s1. The van der Waals surface area contributed by atoms with Gasteiger partial charge >= 0.3 is 0 Å². The number of benzene rings is 1. The largest absolute Gasteiger partial charge is 0.393 e. The molecule has 4 aliphatic carbocycles. The third-order valence-corrected chi connectivity index (χ3v) is 12.7. The summed E-state index contributed by atoms with van der Waals surface area (Å²) in [6, 6.07) is 10.8. The predicted octanol–water partition coefficient (Wildman–Crippen LogP) is 7.75. The van der Waals surface area contributed by atoms with Gasteiger partial charge in [0.2, 0.25) is 5.91 Å². The fourth-order valence-corrected chi connectivity index (χ4v) is 10.5. The van der Waals surface area contributed by atoms with Crippen LogP contribution in [0.3, 0.4) is 0 Å². The molecule has 3 nitrogen and oxygen atoms in total. The Hall–Kier alpha value is -1.61. The first kappa shape index (κ1) is 26.6. The Morgan fingerprint density at radius 1 is 1.05 bits per heavy atom. The van der Waals surface area contributed by atoms with Crippen molar-refractivity contribution in [2.75, 3.05) is 13.1 Å². The lowest BCUT2D eigenvalue weighted by Gasteiger charge is -2.58. The van der Waals surface area contributed by atoms with Crippen molar-refractivity contribution in [3.63, 3.8) is 0 Å². The van der Waals surface area contributed by atoms with Crippen molar-refractivity contribution in [2.45, 2.75) is 110 Å². The molecule has 1 heterocycles. The van der Waals surface area contributed by atoms with E-state index in [0.29, 0.717) is 28.6 Å². The summed E-state index contributed by atoms with van der Waals surface area (Å²) in [4.78, 5) is 15.5. The van der Waals surface area contributed by atoms with Crippen LogP contribution in [0.2, 0.25) is 0 Å². The first-order valence-electron chi connectivity index (χ1n) is 16.0. The van der Waals surface area contributed by atoms with E-state index in [1.807, 2.05) is 0 Å². The van der Waals surface area contributed by atoms with E-state index in [9.17, 15) is 9.90 Å². The number of carbonyl (C=O) groups excluding carboxylic acids is 1. The van der Waals surface area contributed by atoms with Gasteiger partial charge in [0.15, 0.2) is 0 Å². The quantitative estimate of drug-likeness (QED) is 0.406. The average Bonchev–Trinajstić information content (AvgIpc) is 3.30. The van der Waals surface area contributed by atoms with Crippen molar-refractivity contribution in [1.29, 1.82) is 0 Å². The number of aliphatic hydroxyl groups excluding tert-OH is 1. The van der Waals surface area contributed by atoms with Gasteiger partial charge in [-0.2, -0.15) is 0 Å². The normalized spacial score (nSPS) is 41.5. The second-order valence-electron chi connectivity index (χ2n) is 14.5. The lowest BCUT2D eigenvalue weighted by atomic mass is 9.47. The van der Waals surface area contributed by atoms with E-state index < -0.39 is 0 Å². The Bertz CT molecular complexity index is 1030. The molecule has 1 saturated heterocycles. The van der Waals surface area contributed by atoms with E-state index in [1.54, 1.807) is 5.57 Å². The van der Waals surface area contributed by atoms with Gasteiger partial charge in [0, 0.05) is 25.4 Å². The molecule has 5 aliphatic rings. The van der Waals surface area contributed by atoms with Gasteiger partial charge in [-0.1, -0.05) is 62.8 Å². The molecule has 3 heteroatoms. The number of rotatable bonds is 5. The first-order valence-corrected chi connectivity index (χ1v) is 16.0. The van der Waals surface area contributed by atoms with Crippen LogP contribution in [0, 0.1) is 40.4 Å². The molecule has 1 aliphatic heterocycles. The van der Waals surface area contributed by atoms with E-state index in [0.717, 1.165) is 68.9 Å². The molecule has 208 valence electrons. The Labute approximate surface area is 231 Å². The fraction of sp³-hybridized carbons (Fsp3) is 0.743. The van der Waals surface area contributed by atoms with E-state index in [-0.39, 0.29) is 6.10 Å². The molecule has 1 aromatic carbocycles. The van der Waals surface area contributed by atoms with Crippen LogP contribution in [0.1, 0.15) is 109 Å². The van der Waals surface area contributed by atoms with Crippen molar-refractivity contribution in [3.05, 3.63) is 47.5 Å². The molecule has 9 atom stereocenters. The molecule has 6 rings (SSSR count). The number of hydrogen-bond donors (Lipinski definition) is 1. The SMILES string of the molecule is CC(CCC(=O)N1CCC[C@@H](c2ccccc2)C1)[C@H]1CC[C@H]2[C@@H]3CC=C4C[C@@H](O)CC[C@]4(C)[C@H]3CC[C@]12C. The van der Waals surface area contributed by atoms with Crippen LogP contribution < -0.4 is 0 Å². The monoisotopic (exact) mass is 517 g/mol. The average molecular weight is 518 g/mol. The van der Waals surface area contributed by atoms with Crippen molar-refractivity contribution in [2.24, 2.45) is 40.4 Å². The summed E-state index contributed by atoms with van der Waals surface area (Å²) in [5, 5.41) is 10.3. The number of hydrogen-bond acceptors (Lipinski definition) is 2. The van der Waals surface area contributed by atoms with Crippen molar-refractivity contribution >= 4 is 5.91 Å². The van der Waals surface area contributed by atoms with Crippen molar-refractivity contribution in [1.82, 2.24) is 4.90 Å². The van der Waals surface area contributed by atoms with Crippen LogP contribution in [-0.4, -0.2) is 35.1 Å². The maximum absolute atomic E-state index is 13.3. The number of fused-ring (bicyclic) bond motifs is 5. The van der Waals surface area contributed by atoms with Crippen LogP contribution in [0.5, 0.6) is 0 Å². The van der Waals surface area contributed by atoms with E-state index >= 15 is 0 Å². The van der Waals surface area contributed by atoms with Crippen LogP contribution in [0.4, 0.5) is 0 Å². The minimum Gasteiger partial charge on any atom is -0.393 e. The van der Waals surface area contributed by atoms with Gasteiger partial charge in [-0.15, -0.1) is 0 Å². The minimum absolute atomic E-state index is 0.117. The van der Waals surface area contributed by atoms with Crippen molar-refractivity contribution < 1.29 is 9.90 Å². The minimum atomic E-state index is -0.117. The fourth-order valence-electron chi connectivity index (χ4n) is 10.5. The van der Waals surface area contributed by atoms with Crippen molar-refractivity contribution in [3.8, 4) is 0 Å². The van der Waals surface area contributed by atoms with Gasteiger partial charge in [-0.25, -0.2) is 0 Å². The second-order valence-corrected chi connectivity index (χ2v) is 14.5. The summed E-state index contributed by atoms with van der Waals surface area (Å²) >= 11 is 0. The molecule has 0 aromatic heterocycles. The van der Waals surface area contributed by atoms with Crippen LogP contribution in [0.15, 0.2) is 42.0 Å². The number of nitrogens with zero attached hydrogens (tertiary/aromatic N) is 1. The van der Waals surface area contributed by atoms with Crippen LogP contribution in [-0.2, 0) is 4.79 Å². The lowest BCUT2D eigenvalue weighted by Crippen LogP contribution is -2.50. The molecular formula is C35H51NO2. The summed E-state index contributed by atoms with van der Waals surface area (Å²) in [6.45, 7) is 9.46. The third kappa shape index (κ3) is 4.59. The zero-order valence-electron chi connectivity index (χ0n) is 24.2. The summed E-state index contributed by atoms with van der Waals surface area (Å²) in [6.07, 6.45) is 16.3. The Morgan fingerprint density at radius 3 is 2.68 bits per heavy atom. The smallest absolute Gasteiger partial charge is 0.222 e. The summed E-state index contributed by atoms with van der Waals surface area (Å²) < 4.78 is 0. The topological polar surface area (TPSA) is 40.5 Å². The summed E-state index contributed by atoms with van der Waals surface area (Å²) in [7, 11) is 0. The predicted molar refractivity (Wildman–Crippen MR) is 155 cm³/mol. The zero-order chi connectivity index (χ0) is 26.5. The molecular weight excluding hydrogens is 466 g/mol. The Balaban J connectivity index is 1.07. The molecule has 0 radical (unpaired) electrons. The van der Waals surface area contributed by atoms with Gasteiger partial charge < -0.3 is 10.0 Å². The zero-order valence-corrected chi connectivity index (χ0v) is 24.2. The highest BCUT2D eigenvalue weighted by Crippen LogP contribution is 2.67. The number of carbonyl (C=O) groups is 1.